The highest BCUT2D eigenvalue weighted by Crippen LogP contribution is 2.68. The molecule has 0 aromatic heterocycles. The van der Waals surface area contributed by atoms with E-state index in [1.54, 1.807) is 0 Å². The summed E-state index contributed by atoms with van der Waals surface area (Å²) < 4.78 is 0. The van der Waals surface area contributed by atoms with Crippen LogP contribution in [0.3, 0.4) is 0 Å². The number of aliphatic hydroxyl groups excluding tert-OH is 2. The lowest BCUT2D eigenvalue weighted by molar-refractivity contribution is -0.183. The van der Waals surface area contributed by atoms with E-state index in [9.17, 15) is 20.1 Å². The molecular weight excluding hydrogens is 388 g/mol. The molecule has 0 aromatic rings. The Morgan fingerprint density at radius 1 is 1.16 bits per heavy atom. The molecular formula is C27H48O4. The zero-order chi connectivity index (χ0) is 24.2. The molecule has 3 saturated carbocycles. The first-order valence-corrected chi connectivity index (χ1v) is 12.5. The Labute approximate surface area is 190 Å². The van der Waals surface area contributed by atoms with Gasteiger partial charge in [0.25, 0.3) is 0 Å². The molecule has 0 radical (unpaired) electrons. The second-order valence-corrected chi connectivity index (χ2v) is 9.60. The van der Waals surface area contributed by atoms with Gasteiger partial charge in [-0.05, 0) is 57.3 Å². The van der Waals surface area contributed by atoms with E-state index in [0.29, 0.717) is 6.42 Å². The van der Waals surface area contributed by atoms with Gasteiger partial charge < -0.3 is 15.3 Å². The Kier molecular flexibility index (Phi) is 9.75. The van der Waals surface area contributed by atoms with Gasteiger partial charge in [-0.15, -0.1) is 0 Å². The van der Waals surface area contributed by atoms with Crippen molar-refractivity contribution in [3.05, 3.63) is 23.8 Å². The van der Waals surface area contributed by atoms with Gasteiger partial charge in [0.1, 0.15) is 12.2 Å². The van der Waals surface area contributed by atoms with Crippen LogP contribution in [0.1, 0.15) is 88.0 Å². The number of aliphatic hydroxyl groups is 3. The van der Waals surface area contributed by atoms with Crippen LogP contribution in [-0.2, 0) is 4.79 Å². The summed E-state index contributed by atoms with van der Waals surface area (Å²) in [4.78, 5) is 12.6. The van der Waals surface area contributed by atoms with Crippen LogP contribution in [0.5, 0.6) is 0 Å². The Morgan fingerprint density at radius 3 is 2.23 bits per heavy atom. The molecule has 31 heavy (non-hydrogen) atoms. The number of allylic oxidation sites excluding steroid dienone is 4. The largest absolute Gasteiger partial charge is 0.393 e. The minimum atomic E-state index is -1.56. The number of carbonyl (C=O) groups is 1. The lowest BCUT2D eigenvalue weighted by Gasteiger charge is -2.59. The molecule has 3 N–H and O–H groups in total. The summed E-state index contributed by atoms with van der Waals surface area (Å²) in [6.07, 6.45) is 9.04. The van der Waals surface area contributed by atoms with Crippen LogP contribution in [0.2, 0.25) is 0 Å². The second kappa shape index (κ2) is 10.8. The van der Waals surface area contributed by atoms with Crippen molar-refractivity contribution in [1.82, 2.24) is 0 Å². The number of Topliss-reactive ketones (excluding diaryl/α,β-unsaturated/α-hetero) is 1. The van der Waals surface area contributed by atoms with E-state index in [1.165, 1.54) is 5.57 Å². The molecule has 3 rings (SSSR count). The van der Waals surface area contributed by atoms with Crippen LogP contribution >= 0.6 is 0 Å². The van der Waals surface area contributed by atoms with Crippen LogP contribution in [0.15, 0.2) is 23.8 Å². The van der Waals surface area contributed by atoms with Crippen molar-refractivity contribution in [2.75, 3.05) is 6.61 Å². The summed E-state index contributed by atoms with van der Waals surface area (Å²) in [5, 5.41) is 32.3. The zero-order valence-corrected chi connectivity index (χ0v) is 21.4. The fraction of sp³-hybridized carbons (Fsp3) is 0.815. The summed E-state index contributed by atoms with van der Waals surface area (Å²) in [5.41, 5.74) is -1.08. The second-order valence-electron chi connectivity index (χ2n) is 9.60. The third-order valence-corrected chi connectivity index (χ3v) is 8.60. The Balaban J connectivity index is 0.00000113. The molecule has 4 heteroatoms. The molecule has 3 fully saturated rings. The number of fused-ring (bicyclic) bond motifs is 3. The van der Waals surface area contributed by atoms with Crippen LogP contribution < -0.4 is 0 Å². The molecule has 0 amide bonds. The molecule has 0 aromatic carbocycles. The van der Waals surface area contributed by atoms with Gasteiger partial charge in [-0.25, -0.2) is 0 Å². The van der Waals surface area contributed by atoms with Crippen molar-refractivity contribution in [1.29, 1.82) is 0 Å². The number of carbonyl (C=O) groups excluding carboxylic acids is 1. The highest BCUT2D eigenvalue weighted by molar-refractivity contribution is 5.90. The lowest BCUT2D eigenvalue weighted by Crippen LogP contribution is -2.62. The SMILES string of the molecule is C/C=C\C1(C)/C(=C\C)CCC2C1C(O)CC1(C)C2CC(C)[C@]1(O)C(=O)CO.CC.CC. The molecule has 7 unspecified atom stereocenters. The quantitative estimate of drug-likeness (QED) is 0.524. The standard InChI is InChI=1S/C23H36O4.2C2H6/c1-6-10-21(4)15(7-2)8-9-16-17-11-14(3)23(27,19(26)13-24)22(17,5)12-18(25)20(16)21;2*1-2/h6-7,10,14,16-18,20,24-25,27H,8-9,11-13H2,1-5H3;2*1-2H3/b10-6-,15-7-;;/t14?,16?,17?,18?,20?,21?,22?,23-;;/m0../s1. The monoisotopic (exact) mass is 436 g/mol. The van der Waals surface area contributed by atoms with E-state index >= 15 is 0 Å². The normalized spacial score (nSPS) is 45.2. The van der Waals surface area contributed by atoms with Crippen molar-refractivity contribution in [2.45, 2.75) is 99.7 Å². The van der Waals surface area contributed by atoms with E-state index in [2.05, 4.69) is 32.1 Å². The van der Waals surface area contributed by atoms with E-state index in [1.807, 2.05) is 48.5 Å². The van der Waals surface area contributed by atoms with Crippen molar-refractivity contribution in [2.24, 2.45) is 34.5 Å². The van der Waals surface area contributed by atoms with Gasteiger partial charge in [0.2, 0.25) is 0 Å². The Morgan fingerprint density at radius 2 is 1.74 bits per heavy atom. The maximum atomic E-state index is 12.6. The molecule has 180 valence electrons. The van der Waals surface area contributed by atoms with E-state index in [0.717, 1.165) is 19.3 Å². The average Bonchev–Trinajstić information content (AvgIpc) is 2.97. The fourth-order valence-electron chi connectivity index (χ4n) is 7.47. The van der Waals surface area contributed by atoms with Crippen LogP contribution in [0, 0.1) is 34.5 Å². The third kappa shape index (κ3) is 4.09. The molecule has 0 aliphatic heterocycles. The molecule has 0 bridgehead atoms. The maximum Gasteiger partial charge on any atom is 0.190 e. The number of hydrogen-bond acceptors (Lipinski definition) is 4. The number of ketones is 1. The summed E-state index contributed by atoms with van der Waals surface area (Å²) in [7, 11) is 0. The Hall–Kier alpha value is -0.970. The first kappa shape index (κ1) is 28.1. The summed E-state index contributed by atoms with van der Waals surface area (Å²) in [6.45, 7) is 17.6. The van der Waals surface area contributed by atoms with Crippen LogP contribution in [0.4, 0.5) is 0 Å². The fourth-order valence-corrected chi connectivity index (χ4v) is 7.47. The van der Waals surface area contributed by atoms with Gasteiger partial charge >= 0.3 is 0 Å². The van der Waals surface area contributed by atoms with E-state index in [-0.39, 0.29) is 29.1 Å². The van der Waals surface area contributed by atoms with Crippen molar-refractivity contribution in [3.8, 4) is 0 Å². The molecule has 0 spiro atoms. The third-order valence-electron chi connectivity index (χ3n) is 8.60. The highest BCUT2D eigenvalue weighted by atomic mass is 16.3. The van der Waals surface area contributed by atoms with Crippen LogP contribution in [-0.4, -0.2) is 39.4 Å². The first-order valence-electron chi connectivity index (χ1n) is 12.5. The summed E-state index contributed by atoms with van der Waals surface area (Å²) in [5.74, 6) is -0.192. The predicted octanol–water partition coefficient (Wildman–Crippen LogP) is 5.31. The van der Waals surface area contributed by atoms with Gasteiger partial charge in [-0.3, -0.25) is 4.79 Å². The van der Waals surface area contributed by atoms with Crippen molar-refractivity contribution in [3.63, 3.8) is 0 Å². The summed E-state index contributed by atoms with van der Waals surface area (Å²) >= 11 is 0. The minimum absolute atomic E-state index is 0.0884. The van der Waals surface area contributed by atoms with Gasteiger partial charge in [0.05, 0.1) is 6.10 Å². The van der Waals surface area contributed by atoms with Crippen LogP contribution in [0.25, 0.3) is 0 Å². The van der Waals surface area contributed by atoms with Gasteiger partial charge in [-0.2, -0.15) is 0 Å². The smallest absolute Gasteiger partial charge is 0.190 e. The lowest BCUT2D eigenvalue weighted by atomic mass is 9.46. The zero-order valence-electron chi connectivity index (χ0n) is 21.4. The first-order chi connectivity index (χ1) is 14.6. The number of hydrogen-bond donors (Lipinski definition) is 3. The average molecular weight is 437 g/mol. The predicted molar refractivity (Wildman–Crippen MR) is 129 cm³/mol. The molecule has 4 nitrogen and oxygen atoms in total. The summed E-state index contributed by atoms with van der Waals surface area (Å²) in [6, 6.07) is 0. The Bertz CT molecular complexity index is 668. The molecule has 3 aliphatic rings. The van der Waals surface area contributed by atoms with Gasteiger partial charge in [0, 0.05) is 16.7 Å². The van der Waals surface area contributed by atoms with E-state index < -0.39 is 29.5 Å². The topological polar surface area (TPSA) is 77.8 Å². The van der Waals surface area contributed by atoms with Gasteiger partial charge in [-0.1, -0.05) is 72.3 Å². The van der Waals surface area contributed by atoms with E-state index in [4.69, 9.17) is 0 Å². The van der Waals surface area contributed by atoms with Crippen molar-refractivity contribution < 1.29 is 20.1 Å². The minimum Gasteiger partial charge on any atom is -0.393 e. The molecule has 0 heterocycles. The molecule has 8 atom stereocenters. The highest BCUT2D eigenvalue weighted by Gasteiger charge is 2.70. The maximum absolute atomic E-state index is 12.6. The molecule has 3 aliphatic carbocycles. The molecule has 0 saturated heterocycles. The van der Waals surface area contributed by atoms with Crippen molar-refractivity contribution >= 4 is 5.78 Å². The number of rotatable bonds is 3. The van der Waals surface area contributed by atoms with Gasteiger partial charge in [0.15, 0.2) is 5.78 Å².